The Kier molecular flexibility index (Phi) is 4.95. The van der Waals surface area contributed by atoms with Crippen LogP contribution in [0.4, 0.5) is 4.79 Å². The van der Waals surface area contributed by atoms with E-state index in [-0.39, 0.29) is 5.97 Å². The van der Waals surface area contributed by atoms with Gasteiger partial charge in [0, 0.05) is 17.8 Å². The van der Waals surface area contributed by atoms with Gasteiger partial charge in [0.2, 0.25) is 0 Å². The standard InChI is InChI=1S/C13H19NO4/c1-5-17-12(15)11-8-7-9(3)14(10(11)4)13(16)18-6-2/h7H,5-6,8H2,1-4H3. The normalized spacial score (nSPS) is 15.3. The molecule has 0 N–H and O–H groups in total. The van der Waals surface area contributed by atoms with Crippen molar-refractivity contribution in [3.05, 3.63) is 23.0 Å². The molecule has 0 unspecified atom stereocenters. The van der Waals surface area contributed by atoms with Crippen LogP contribution < -0.4 is 0 Å². The second kappa shape index (κ2) is 6.23. The lowest BCUT2D eigenvalue weighted by Crippen LogP contribution is -2.32. The van der Waals surface area contributed by atoms with E-state index in [9.17, 15) is 9.59 Å². The van der Waals surface area contributed by atoms with Crippen LogP contribution in [0, 0.1) is 0 Å². The molecule has 0 saturated carbocycles. The summed E-state index contributed by atoms with van der Waals surface area (Å²) >= 11 is 0. The lowest BCUT2D eigenvalue weighted by Gasteiger charge is -2.28. The molecular weight excluding hydrogens is 234 g/mol. The van der Waals surface area contributed by atoms with Gasteiger partial charge >= 0.3 is 12.1 Å². The number of ether oxygens (including phenoxy) is 2. The zero-order valence-corrected chi connectivity index (χ0v) is 11.3. The smallest absolute Gasteiger partial charge is 0.418 e. The van der Waals surface area contributed by atoms with Crippen LogP contribution in [0.15, 0.2) is 23.0 Å². The van der Waals surface area contributed by atoms with E-state index in [1.165, 1.54) is 4.90 Å². The fourth-order valence-corrected chi connectivity index (χ4v) is 1.81. The van der Waals surface area contributed by atoms with Gasteiger partial charge in [-0.3, -0.25) is 4.90 Å². The van der Waals surface area contributed by atoms with E-state index in [0.717, 1.165) is 5.70 Å². The average Bonchev–Trinajstić information content (AvgIpc) is 2.29. The van der Waals surface area contributed by atoms with Crippen LogP contribution in [0.25, 0.3) is 0 Å². The van der Waals surface area contributed by atoms with Gasteiger partial charge in [-0.15, -0.1) is 0 Å². The van der Waals surface area contributed by atoms with Crippen molar-refractivity contribution in [2.24, 2.45) is 0 Å². The summed E-state index contributed by atoms with van der Waals surface area (Å²) in [4.78, 5) is 25.0. The molecule has 0 radical (unpaired) electrons. The van der Waals surface area contributed by atoms with Gasteiger partial charge in [0.15, 0.2) is 0 Å². The van der Waals surface area contributed by atoms with Gasteiger partial charge in [-0.2, -0.15) is 0 Å². The first-order valence-electron chi connectivity index (χ1n) is 6.03. The molecule has 1 heterocycles. The third-order valence-electron chi connectivity index (χ3n) is 2.70. The maximum atomic E-state index is 11.8. The van der Waals surface area contributed by atoms with Crippen molar-refractivity contribution in [1.82, 2.24) is 4.90 Å². The topological polar surface area (TPSA) is 55.8 Å². The fraction of sp³-hybridized carbons (Fsp3) is 0.538. The summed E-state index contributed by atoms with van der Waals surface area (Å²) in [6.45, 7) is 7.64. The zero-order chi connectivity index (χ0) is 13.7. The molecule has 0 aliphatic carbocycles. The number of carbonyl (C=O) groups is 2. The summed E-state index contributed by atoms with van der Waals surface area (Å²) < 4.78 is 9.94. The van der Waals surface area contributed by atoms with Crippen LogP contribution in [-0.2, 0) is 14.3 Å². The van der Waals surface area contributed by atoms with Crippen LogP contribution in [0.1, 0.15) is 34.1 Å². The van der Waals surface area contributed by atoms with Gasteiger partial charge in [-0.05, 0) is 27.7 Å². The molecule has 0 aromatic rings. The molecule has 0 spiro atoms. The number of esters is 1. The molecule has 0 saturated heterocycles. The number of rotatable bonds is 3. The lowest BCUT2D eigenvalue weighted by molar-refractivity contribution is -0.138. The highest BCUT2D eigenvalue weighted by atomic mass is 16.6. The number of hydrogen-bond acceptors (Lipinski definition) is 4. The first kappa shape index (κ1) is 14.3. The van der Waals surface area contributed by atoms with Gasteiger partial charge in [0.05, 0.1) is 18.8 Å². The zero-order valence-electron chi connectivity index (χ0n) is 11.3. The van der Waals surface area contributed by atoms with E-state index < -0.39 is 6.09 Å². The Balaban J connectivity index is 3.00. The van der Waals surface area contributed by atoms with Crippen molar-refractivity contribution >= 4 is 12.1 Å². The Morgan fingerprint density at radius 3 is 2.39 bits per heavy atom. The Bertz CT molecular complexity index is 409. The quantitative estimate of drug-likeness (QED) is 0.725. The van der Waals surface area contributed by atoms with Crippen LogP contribution in [-0.4, -0.2) is 30.2 Å². The Morgan fingerprint density at radius 2 is 1.83 bits per heavy atom. The van der Waals surface area contributed by atoms with Crippen molar-refractivity contribution < 1.29 is 19.1 Å². The Morgan fingerprint density at radius 1 is 1.22 bits per heavy atom. The molecule has 0 aromatic carbocycles. The summed E-state index contributed by atoms with van der Waals surface area (Å²) in [7, 11) is 0. The van der Waals surface area contributed by atoms with E-state index in [2.05, 4.69) is 0 Å². The monoisotopic (exact) mass is 253 g/mol. The highest BCUT2D eigenvalue weighted by molar-refractivity contribution is 5.91. The minimum absolute atomic E-state index is 0.296. The van der Waals surface area contributed by atoms with Gasteiger partial charge in [0.1, 0.15) is 0 Å². The summed E-state index contributed by atoms with van der Waals surface area (Å²) in [5.74, 6) is -0.381. The maximum Gasteiger partial charge on any atom is 0.418 e. The highest BCUT2D eigenvalue weighted by Crippen LogP contribution is 2.26. The third kappa shape index (κ3) is 2.91. The molecular formula is C13H19NO4. The van der Waals surface area contributed by atoms with Crippen LogP contribution in [0.3, 0.4) is 0 Å². The maximum absolute atomic E-state index is 11.8. The summed E-state index contributed by atoms with van der Waals surface area (Å²) in [6, 6.07) is 0. The van der Waals surface area contributed by atoms with E-state index in [0.29, 0.717) is 30.9 Å². The Hall–Kier alpha value is -1.78. The molecule has 1 amide bonds. The number of carbonyl (C=O) groups excluding carboxylic acids is 2. The highest BCUT2D eigenvalue weighted by Gasteiger charge is 2.27. The largest absolute Gasteiger partial charge is 0.463 e. The van der Waals surface area contributed by atoms with Gasteiger partial charge in [-0.25, -0.2) is 9.59 Å². The molecule has 0 fully saturated rings. The van der Waals surface area contributed by atoms with Gasteiger partial charge in [0.25, 0.3) is 0 Å². The first-order valence-corrected chi connectivity index (χ1v) is 6.03. The van der Waals surface area contributed by atoms with Gasteiger partial charge < -0.3 is 9.47 Å². The van der Waals surface area contributed by atoms with Crippen molar-refractivity contribution in [3.8, 4) is 0 Å². The number of hydrogen-bond donors (Lipinski definition) is 0. The third-order valence-corrected chi connectivity index (χ3v) is 2.70. The van der Waals surface area contributed by atoms with Crippen molar-refractivity contribution in [2.75, 3.05) is 13.2 Å². The molecule has 1 aliphatic rings. The fourth-order valence-electron chi connectivity index (χ4n) is 1.81. The summed E-state index contributed by atoms with van der Waals surface area (Å²) in [6.07, 6.45) is 1.83. The average molecular weight is 253 g/mol. The van der Waals surface area contributed by atoms with E-state index >= 15 is 0 Å². The predicted molar refractivity (Wildman–Crippen MR) is 66.6 cm³/mol. The second-order valence-corrected chi connectivity index (χ2v) is 3.87. The van der Waals surface area contributed by atoms with Crippen LogP contribution in [0.2, 0.25) is 0 Å². The SMILES string of the molecule is CCOC(=O)C1=C(C)N(C(=O)OCC)C(C)=CC1. The molecule has 0 atom stereocenters. The molecule has 0 aromatic heterocycles. The molecule has 1 rings (SSSR count). The lowest BCUT2D eigenvalue weighted by atomic mass is 10.0. The van der Waals surface area contributed by atoms with Crippen molar-refractivity contribution in [1.29, 1.82) is 0 Å². The number of allylic oxidation sites excluding steroid dienone is 3. The van der Waals surface area contributed by atoms with E-state index in [1.807, 2.05) is 13.0 Å². The van der Waals surface area contributed by atoms with Crippen LogP contribution >= 0.6 is 0 Å². The molecule has 5 heteroatoms. The molecule has 100 valence electrons. The Labute approximate surface area is 107 Å². The first-order chi connectivity index (χ1) is 8.52. The minimum Gasteiger partial charge on any atom is -0.463 e. The molecule has 5 nitrogen and oxygen atoms in total. The number of nitrogens with zero attached hydrogens (tertiary/aromatic N) is 1. The van der Waals surface area contributed by atoms with E-state index in [1.54, 1.807) is 20.8 Å². The van der Waals surface area contributed by atoms with Crippen molar-refractivity contribution in [3.63, 3.8) is 0 Å². The van der Waals surface area contributed by atoms with Crippen LogP contribution in [0.5, 0.6) is 0 Å². The minimum atomic E-state index is -0.467. The molecule has 18 heavy (non-hydrogen) atoms. The molecule has 0 bridgehead atoms. The number of amides is 1. The van der Waals surface area contributed by atoms with Gasteiger partial charge in [-0.1, -0.05) is 6.08 Å². The van der Waals surface area contributed by atoms with Crippen molar-refractivity contribution in [2.45, 2.75) is 34.1 Å². The summed E-state index contributed by atoms with van der Waals surface area (Å²) in [5.41, 5.74) is 1.83. The summed E-state index contributed by atoms with van der Waals surface area (Å²) in [5, 5.41) is 0. The predicted octanol–water partition coefficient (Wildman–Crippen LogP) is 2.59. The second-order valence-electron chi connectivity index (χ2n) is 3.87. The van der Waals surface area contributed by atoms with E-state index in [4.69, 9.17) is 9.47 Å². The molecule has 1 aliphatic heterocycles.